The first-order valence-electron chi connectivity index (χ1n) is 5.10. The first kappa shape index (κ1) is 13.1. The number of hydrogen-bond donors (Lipinski definition) is 2. The number of alkyl halides is 1. The molecule has 0 saturated heterocycles. The number of hydrogen-bond acceptors (Lipinski definition) is 5. The Morgan fingerprint density at radius 1 is 1.59 bits per heavy atom. The summed E-state index contributed by atoms with van der Waals surface area (Å²) in [4.78, 5) is 11.9. The van der Waals surface area contributed by atoms with E-state index in [1.165, 1.54) is 0 Å². The van der Waals surface area contributed by atoms with Crippen molar-refractivity contribution in [2.75, 3.05) is 24.4 Å². The lowest BCUT2D eigenvalue weighted by atomic mass is 9.91. The Bertz CT molecular complexity index is 468. The van der Waals surface area contributed by atoms with Crippen LogP contribution in [0, 0.1) is 0 Å². The SMILES string of the molecule is C=CCNc1nnc(C(C)(C)CF)c(=O)n1N. The van der Waals surface area contributed by atoms with Crippen molar-refractivity contribution >= 4 is 5.95 Å². The van der Waals surface area contributed by atoms with Gasteiger partial charge in [-0.3, -0.25) is 9.18 Å². The number of rotatable bonds is 5. The lowest BCUT2D eigenvalue weighted by Crippen LogP contribution is -2.40. The molecule has 1 rings (SSSR count). The number of nitrogen functional groups attached to an aromatic ring is 1. The number of nitrogens with zero attached hydrogens (tertiary/aromatic N) is 3. The molecule has 0 aliphatic heterocycles. The Hall–Kier alpha value is -1.92. The molecule has 1 heterocycles. The third-order valence-corrected chi connectivity index (χ3v) is 2.27. The van der Waals surface area contributed by atoms with Crippen LogP contribution in [0.5, 0.6) is 0 Å². The van der Waals surface area contributed by atoms with E-state index in [-0.39, 0.29) is 11.6 Å². The van der Waals surface area contributed by atoms with Gasteiger partial charge in [0.15, 0.2) is 0 Å². The smallest absolute Gasteiger partial charge is 0.296 e. The molecule has 94 valence electrons. The molecule has 0 bridgehead atoms. The van der Waals surface area contributed by atoms with E-state index < -0.39 is 17.6 Å². The molecule has 0 spiro atoms. The molecule has 0 aromatic carbocycles. The van der Waals surface area contributed by atoms with Gasteiger partial charge >= 0.3 is 0 Å². The van der Waals surface area contributed by atoms with E-state index in [2.05, 4.69) is 22.1 Å². The van der Waals surface area contributed by atoms with Gasteiger partial charge in [0.25, 0.3) is 5.56 Å². The van der Waals surface area contributed by atoms with Crippen molar-refractivity contribution < 1.29 is 4.39 Å². The lowest BCUT2D eigenvalue weighted by molar-refractivity contribution is 0.338. The molecule has 0 radical (unpaired) electrons. The molecule has 0 amide bonds. The van der Waals surface area contributed by atoms with E-state index in [1.807, 2.05) is 0 Å². The van der Waals surface area contributed by atoms with E-state index in [1.54, 1.807) is 19.9 Å². The van der Waals surface area contributed by atoms with Crippen LogP contribution < -0.4 is 16.7 Å². The minimum absolute atomic E-state index is 0.00616. The maximum absolute atomic E-state index is 12.8. The Kier molecular flexibility index (Phi) is 3.82. The van der Waals surface area contributed by atoms with E-state index in [9.17, 15) is 9.18 Å². The summed E-state index contributed by atoms with van der Waals surface area (Å²) in [5, 5.41) is 10.2. The summed E-state index contributed by atoms with van der Waals surface area (Å²) in [5.41, 5.74) is -1.55. The highest BCUT2D eigenvalue weighted by molar-refractivity contribution is 5.27. The minimum atomic E-state index is -0.998. The normalized spacial score (nSPS) is 11.2. The van der Waals surface area contributed by atoms with Crippen LogP contribution >= 0.6 is 0 Å². The van der Waals surface area contributed by atoms with Crippen molar-refractivity contribution in [3.63, 3.8) is 0 Å². The zero-order valence-electron chi connectivity index (χ0n) is 9.90. The molecular formula is C10H16FN5O. The average Bonchev–Trinajstić information content (AvgIpc) is 2.30. The number of aromatic nitrogens is 3. The molecule has 3 N–H and O–H groups in total. The summed E-state index contributed by atoms with van der Waals surface area (Å²) in [7, 11) is 0. The molecule has 0 fully saturated rings. The van der Waals surface area contributed by atoms with Crippen LogP contribution in [0.3, 0.4) is 0 Å². The zero-order valence-corrected chi connectivity index (χ0v) is 9.90. The highest BCUT2D eigenvalue weighted by atomic mass is 19.1. The molecule has 6 nitrogen and oxygen atoms in total. The first-order chi connectivity index (χ1) is 7.94. The maximum Gasteiger partial charge on any atom is 0.296 e. The van der Waals surface area contributed by atoms with E-state index >= 15 is 0 Å². The fraction of sp³-hybridized carbons (Fsp3) is 0.500. The Balaban J connectivity index is 3.20. The summed E-state index contributed by atoms with van der Waals surface area (Å²) in [6.07, 6.45) is 1.59. The highest BCUT2D eigenvalue weighted by Crippen LogP contribution is 2.17. The molecule has 17 heavy (non-hydrogen) atoms. The van der Waals surface area contributed by atoms with Crippen molar-refractivity contribution in [3.8, 4) is 0 Å². The predicted molar refractivity (Wildman–Crippen MR) is 64.1 cm³/mol. The molecule has 0 saturated carbocycles. The van der Waals surface area contributed by atoms with Gasteiger partial charge in [0.2, 0.25) is 5.95 Å². The monoisotopic (exact) mass is 241 g/mol. The van der Waals surface area contributed by atoms with Gasteiger partial charge in [-0.15, -0.1) is 16.8 Å². The van der Waals surface area contributed by atoms with E-state index in [4.69, 9.17) is 5.84 Å². The standard InChI is InChI=1S/C10H16FN5O/c1-4-5-13-9-15-14-7(8(17)16(9)12)10(2,3)6-11/h4H,1,5-6,12H2,2-3H3,(H,13,15). The van der Waals surface area contributed by atoms with E-state index in [0.717, 1.165) is 4.68 Å². The summed E-state index contributed by atoms with van der Waals surface area (Å²) in [6, 6.07) is 0. The molecule has 0 aliphatic carbocycles. The van der Waals surface area contributed by atoms with Gasteiger partial charge in [-0.05, 0) is 0 Å². The second-order valence-corrected chi connectivity index (χ2v) is 4.23. The van der Waals surface area contributed by atoms with Crippen LogP contribution in [0.15, 0.2) is 17.4 Å². The van der Waals surface area contributed by atoms with Crippen LogP contribution in [0.2, 0.25) is 0 Å². The number of nitrogens with two attached hydrogens (primary N) is 1. The largest absolute Gasteiger partial charge is 0.349 e. The summed E-state index contributed by atoms with van der Waals surface area (Å²) in [6.45, 7) is 6.33. The van der Waals surface area contributed by atoms with Crippen molar-refractivity contribution in [3.05, 3.63) is 28.7 Å². The van der Waals surface area contributed by atoms with Gasteiger partial charge in [0.05, 0.1) is 0 Å². The van der Waals surface area contributed by atoms with Crippen LogP contribution in [-0.2, 0) is 5.41 Å². The number of anilines is 1. The Morgan fingerprint density at radius 3 is 2.76 bits per heavy atom. The number of halogens is 1. The maximum atomic E-state index is 12.8. The minimum Gasteiger partial charge on any atom is -0.349 e. The molecule has 0 aliphatic rings. The molecular weight excluding hydrogens is 225 g/mol. The van der Waals surface area contributed by atoms with Gasteiger partial charge in [0.1, 0.15) is 12.4 Å². The van der Waals surface area contributed by atoms with Crippen LogP contribution in [0.25, 0.3) is 0 Å². The van der Waals surface area contributed by atoms with Crippen LogP contribution in [-0.4, -0.2) is 28.1 Å². The van der Waals surface area contributed by atoms with Gasteiger partial charge in [-0.1, -0.05) is 19.9 Å². The summed E-state index contributed by atoms with van der Waals surface area (Å²) in [5.74, 6) is 5.68. The predicted octanol–water partition coefficient (Wildman–Crippen LogP) is 0.197. The van der Waals surface area contributed by atoms with Gasteiger partial charge < -0.3 is 11.2 Å². The average molecular weight is 241 g/mol. The molecule has 0 unspecified atom stereocenters. The van der Waals surface area contributed by atoms with Crippen molar-refractivity contribution in [1.29, 1.82) is 0 Å². The summed E-state index contributed by atoms with van der Waals surface area (Å²) < 4.78 is 13.6. The Labute approximate surface area is 98.3 Å². The van der Waals surface area contributed by atoms with Gasteiger partial charge in [-0.2, -0.15) is 4.68 Å². The topological polar surface area (TPSA) is 85.8 Å². The lowest BCUT2D eigenvalue weighted by Gasteiger charge is -2.19. The van der Waals surface area contributed by atoms with Crippen molar-refractivity contribution in [2.24, 2.45) is 0 Å². The second kappa shape index (κ2) is 4.94. The van der Waals surface area contributed by atoms with E-state index in [0.29, 0.717) is 6.54 Å². The van der Waals surface area contributed by atoms with Gasteiger partial charge in [-0.25, -0.2) is 0 Å². The Morgan fingerprint density at radius 2 is 2.24 bits per heavy atom. The van der Waals surface area contributed by atoms with Crippen molar-refractivity contribution in [2.45, 2.75) is 19.3 Å². The fourth-order valence-corrected chi connectivity index (χ4v) is 1.17. The molecule has 1 aromatic rings. The third kappa shape index (κ3) is 2.61. The fourth-order valence-electron chi connectivity index (χ4n) is 1.17. The van der Waals surface area contributed by atoms with Gasteiger partial charge in [0, 0.05) is 12.0 Å². The third-order valence-electron chi connectivity index (χ3n) is 2.27. The first-order valence-corrected chi connectivity index (χ1v) is 5.10. The highest BCUT2D eigenvalue weighted by Gasteiger charge is 2.27. The number of nitrogens with one attached hydrogen (secondary N) is 1. The molecule has 7 heteroatoms. The summed E-state index contributed by atoms with van der Waals surface area (Å²) >= 11 is 0. The molecule has 0 atom stereocenters. The zero-order chi connectivity index (χ0) is 13.1. The molecule has 1 aromatic heterocycles. The van der Waals surface area contributed by atoms with Crippen molar-refractivity contribution in [1.82, 2.24) is 14.9 Å². The van der Waals surface area contributed by atoms with Crippen LogP contribution in [0.4, 0.5) is 10.3 Å². The second-order valence-electron chi connectivity index (χ2n) is 4.23. The quantitative estimate of drug-likeness (QED) is 0.568. The van der Waals surface area contributed by atoms with Crippen LogP contribution in [0.1, 0.15) is 19.5 Å².